The lowest BCUT2D eigenvalue weighted by molar-refractivity contribution is -0.245. The molecule has 1 saturated heterocycles. The Hall–Kier alpha value is -3.92. The minimum absolute atomic E-state index is 0.103. The summed E-state index contributed by atoms with van der Waals surface area (Å²) in [7, 11) is 2.83. The maximum atomic E-state index is 12.1. The quantitative estimate of drug-likeness (QED) is 0.372. The molecule has 0 saturated carbocycles. The van der Waals surface area contributed by atoms with Crippen LogP contribution in [0.15, 0.2) is 42.5 Å². The Kier molecular flexibility index (Phi) is 9.46. The van der Waals surface area contributed by atoms with Gasteiger partial charge in [-0.05, 0) is 18.1 Å². The van der Waals surface area contributed by atoms with Crippen molar-refractivity contribution in [3.8, 4) is 16.9 Å². The number of carbonyl (C=O) groups excluding carboxylic acids is 4. The second-order valence-corrected chi connectivity index (χ2v) is 8.87. The lowest BCUT2D eigenvalue weighted by atomic mass is 9.88. The molecule has 0 unspecified atom stereocenters. The van der Waals surface area contributed by atoms with E-state index in [1.165, 1.54) is 35.0 Å². The normalized spacial score (nSPS) is 22.6. The summed E-state index contributed by atoms with van der Waals surface area (Å²) in [6, 6.07) is 12.8. The lowest BCUT2D eigenvalue weighted by Crippen LogP contribution is -2.57. The Morgan fingerprint density at radius 1 is 0.816 bits per heavy atom. The molecule has 38 heavy (non-hydrogen) atoms. The number of rotatable bonds is 8. The number of ether oxygens (including phenoxy) is 6. The van der Waals surface area contributed by atoms with Gasteiger partial charge in [-0.3, -0.25) is 19.2 Å². The molecule has 1 aliphatic heterocycles. The molecule has 0 bridgehead atoms. The smallest absolute Gasteiger partial charge is 0.309 e. The monoisotopic (exact) mass is 528 g/mol. The van der Waals surface area contributed by atoms with E-state index in [2.05, 4.69) is 0 Å². The molecule has 10 nitrogen and oxygen atoms in total. The predicted molar refractivity (Wildman–Crippen MR) is 134 cm³/mol. The van der Waals surface area contributed by atoms with Crippen LogP contribution in [0, 0.1) is 0 Å². The molecular weight excluding hydrogens is 496 g/mol. The van der Waals surface area contributed by atoms with E-state index in [4.69, 9.17) is 28.4 Å². The van der Waals surface area contributed by atoms with Crippen LogP contribution in [0.2, 0.25) is 0 Å². The molecule has 0 radical (unpaired) electrons. The van der Waals surface area contributed by atoms with Crippen LogP contribution in [-0.2, 0) is 49.3 Å². The topological polar surface area (TPSA) is 124 Å². The Balaban J connectivity index is 2.12. The molecule has 5 atom stereocenters. The average Bonchev–Trinajstić information content (AvgIpc) is 2.86. The summed E-state index contributed by atoms with van der Waals surface area (Å²) in [6.45, 7) is 5.34. The summed E-state index contributed by atoms with van der Waals surface area (Å²) in [5.41, 5.74) is 2.74. The van der Waals surface area contributed by atoms with Gasteiger partial charge in [-0.1, -0.05) is 42.5 Å². The molecule has 3 rings (SSSR count). The van der Waals surface area contributed by atoms with Crippen LogP contribution in [0.3, 0.4) is 0 Å². The molecule has 0 N–H and O–H groups in total. The second-order valence-electron chi connectivity index (χ2n) is 8.87. The zero-order chi connectivity index (χ0) is 28.0. The Labute approximate surface area is 221 Å². The van der Waals surface area contributed by atoms with Crippen LogP contribution in [0.25, 0.3) is 11.1 Å². The number of esters is 4. The minimum Gasteiger partial charge on any atom is -0.496 e. The van der Waals surface area contributed by atoms with Gasteiger partial charge in [0.1, 0.15) is 11.9 Å². The van der Waals surface area contributed by atoms with Crippen LogP contribution < -0.4 is 4.74 Å². The van der Waals surface area contributed by atoms with Gasteiger partial charge in [0.2, 0.25) is 0 Å². The molecule has 204 valence electrons. The number of benzene rings is 2. The summed E-state index contributed by atoms with van der Waals surface area (Å²) >= 11 is 0. The number of para-hydroxylation sites is 1. The summed E-state index contributed by atoms with van der Waals surface area (Å²) in [4.78, 5) is 47.8. The lowest BCUT2D eigenvalue weighted by Gasteiger charge is -2.44. The Bertz CT molecular complexity index is 1190. The van der Waals surface area contributed by atoms with Crippen molar-refractivity contribution in [1.29, 1.82) is 0 Å². The van der Waals surface area contributed by atoms with Crippen LogP contribution in [0.4, 0.5) is 0 Å². The first-order valence-electron chi connectivity index (χ1n) is 12.1. The van der Waals surface area contributed by atoms with Crippen molar-refractivity contribution in [3.05, 3.63) is 53.6 Å². The van der Waals surface area contributed by atoms with E-state index in [9.17, 15) is 19.2 Å². The summed E-state index contributed by atoms with van der Waals surface area (Å²) in [5, 5.41) is 0. The zero-order valence-corrected chi connectivity index (χ0v) is 22.2. The van der Waals surface area contributed by atoms with E-state index in [1.54, 1.807) is 19.1 Å². The molecule has 2 aromatic rings. The van der Waals surface area contributed by atoms with Gasteiger partial charge in [-0.2, -0.15) is 0 Å². The van der Waals surface area contributed by atoms with Gasteiger partial charge in [0.25, 0.3) is 0 Å². The van der Waals surface area contributed by atoms with Gasteiger partial charge in [-0.25, -0.2) is 0 Å². The zero-order valence-electron chi connectivity index (χ0n) is 22.2. The molecule has 1 fully saturated rings. The standard InChI is InChI=1S/C28H32O10/c1-15-24(36-16(2)29)27(37-17(3)30)28(38-18(4)31)26(35-15)22-12-8-11-21(25(22)34-6)20-10-7-9-19(13-20)14-23(32)33-5/h7-13,15,24,26-28H,14H2,1-6H3/t15-,24+,26+,27+,28+/m0/s1. The van der Waals surface area contributed by atoms with E-state index < -0.39 is 48.4 Å². The van der Waals surface area contributed by atoms with Crippen LogP contribution >= 0.6 is 0 Å². The molecule has 0 aliphatic carbocycles. The largest absolute Gasteiger partial charge is 0.496 e. The molecule has 0 amide bonds. The first-order chi connectivity index (χ1) is 18.0. The van der Waals surface area contributed by atoms with E-state index in [1.807, 2.05) is 30.3 Å². The van der Waals surface area contributed by atoms with Crippen molar-refractivity contribution >= 4 is 23.9 Å². The predicted octanol–water partition coefficient (Wildman–Crippen LogP) is 3.33. The number of carbonyl (C=O) groups is 4. The van der Waals surface area contributed by atoms with Crippen molar-refractivity contribution in [1.82, 2.24) is 0 Å². The van der Waals surface area contributed by atoms with Gasteiger partial charge in [-0.15, -0.1) is 0 Å². The number of methoxy groups -OCH3 is 2. The first kappa shape index (κ1) is 28.6. The highest BCUT2D eigenvalue weighted by Gasteiger charge is 2.51. The third kappa shape index (κ3) is 6.69. The van der Waals surface area contributed by atoms with E-state index in [0.717, 1.165) is 11.1 Å². The van der Waals surface area contributed by atoms with Crippen molar-refractivity contribution in [2.24, 2.45) is 0 Å². The highest BCUT2D eigenvalue weighted by molar-refractivity contribution is 5.76. The van der Waals surface area contributed by atoms with Gasteiger partial charge < -0.3 is 28.4 Å². The molecular formula is C28H32O10. The number of hydrogen-bond acceptors (Lipinski definition) is 10. The summed E-state index contributed by atoms with van der Waals surface area (Å²) in [6.07, 6.45) is -4.85. The van der Waals surface area contributed by atoms with E-state index in [-0.39, 0.29) is 12.4 Å². The fourth-order valence-corrected chi connectivity index (χ4v) is 4.59. The maximum Gasteiger partial charge on any atom is 0.309 e. The van der Waals surface area contributed by atoms with Gasteiger partial charge in [0.05, 0.1) is 26.7 Å². The SMILES string of the molecule is COC(=O)Cc1cccc(-c2cccc([C@H]3O[C@@H](C)[C@@H](OC(C)=O)[C@@H](OC(C)=O)[C@@H]3OC(C)=O)c2OC)c1. The van der Waals surface area contributed by atoms with Crippen molar-refractivity contribution in [2.75, 3.05) is 14.2 Å². The van der Waals surface area contributed by atoms with Gasteiger partial charge in [0.15, 0.2) is 18.3 Å². The van der Waals surface area contributed by atoms with Crippen molar-refractivity contribution < 1.29 is 47.6 Å². The average molecular weight is 529 g/mol. The molecule has 2 aromatic carbocycles. The highest BCUT2D eigenvalue weighted by atomic mass is 16.6. The summed E-state index contributed by atoms with van der Waals surface area (Å²) < 4.78 is 33.4. The van der Waals surface area contributed by atoms with E-state index in [0.29, 0.717) is 16.9 Å². The fourth-order valence-electron chi connectivity index (χ4n) is 4.59. The number of hydrogen-bond donors (Lipinski definition) is 0. The maximum absolute atomic E-state index is 12.1. The Morgan fingerprint density at radius 2 is 1.42 bits per heavy atom. The Morgan fingerprint density at radius 3 is 2.03 bits per heavy atom. The first-order valence-corrected chi connectivity index (χ1v) is 12.1. The van der Waals surface area contributed by atoms with Crippen molar-refractivity contribution in [2.45, 2.75) is 64.6 Å². The minimum atomic E-state index is -1.15. The molecule has 0 aromatic heterocycles. The molecule has 1 heterocycles. The fraction of sp³-hybridized carbons (Fsp3) is 0.429. The molecule has 1 aliphatic rings. The van der Waals surface area contributed by atoms with Crippen molar-refractivity contribution in [3.63, 3.8) is 0 Å². The second kappa shape index (κ2) is 12.6. The highest BCUT2D eigenvalue weighted by Crippen LogP contribution is 2.44. The van der Waals surface area contributed by atoms with E-state index >= 15 is 0 Å². The van der Waals surface area contributed by atoms with Gasteiger partial charge >= 0.3 is 23.9 Å². The van der Waals surface area contributed by atoms with Crippen LogP contribution in [-0.4, -0.2) is 62.5 Å². The third-order valence-electron chi connectivity index (χ3n) is 6.05. The molecule has 10 heteroatoms. The molecule has 0 spiro atoms. The van der Waals surface area contributed by atoms with Crippen LogP contribution in [0.5, 0.6) is 5.75 Å². The third-order valence-corrected chi connectivity index (χ3v) is 6.05. The summed E-state index contributed by atoms with van der Waals surface area (Å²) in [5.74, 6) is -1.81. The van der Waals surface area contributed by atoms with Crippen LogP contribution in [0.1, 0.15) is 44.9 Å². The van der Waals surface area contributed by atoms with Gasteiger partial charge in [0, 0.05) is 31.9 Å².